The van der Waals surface area contributed by atoms with Crippen molar-refractivity contribution in [3.63, 3.8) is 0 Å². The van der Waals surface area contributed by atoms with Crippen LogP contribution in [0.1, 0.15) is 18.9 Å². The molecule has 4 heterocycles. The number of likely N-dealkylation sites (tertiary alicyclic amines) is 1. The van der Waals surface area contributed by atoms with Crippen molar-refractivity contribution in [2.75, 3.05) is 62.8 Å². The van der Waals surface area contributed by atoms with Crippen molar-refractivity contribution in [3.8, 4) is 23.2 Å². The second-order valence-electron chi connectivity index (χ2n) is 11.3. The van der Waals surface area contributed by atoms with Crippen LogP contribution in [-0.2, 0) is 9.53 Å². The summed E-state index contributed by atoms with van der Waals surface area (Å²) in [6.45, 7) is 6.34. The average Bonchev–Trinajstić information content (AvgIpc) is 3.02. The zero-order valence-corrected chi connectivity index (χ0v) is 24.5. The van der Waals surface area contributed by atoms with Crippen LogP contribution < -0.4 is 15.0 Å². The van der Waals surface area contributed by atoms with Gasteiger partial charge in [-0.05, 0) is 49.4 Å². The van der Waals surface area contributed by atoms with Gasteiger partial charge >= 0.3 is 0 Å². The fraction of sp³-hybridized carbons (Fsp3) is 0.452. The SMILES string of the molecule is C[C@@H]1CN(c2ccc(Nc3ncnc(-c4ccc(O[C@H]5CCN(C(=O)CO)C[C@@H]5F)c(C#N)c4)n3)cc2)CCN1C1COC1. The minimum absolute atomic E-state index is 0.167. The van der Waals surface area contributed by atoms with Crippen LogP contribution in [0.25, 0.3) is 11.4 Å². The van der Waals surface area contributed by atoms with Gasteiger partial charge in [0.25, 0.3) is 0 Å². The number of aliphatic hydroxyl groups is 1. The van der Waals surface area contributed by atoms with E-state index in [-0.39, 0.29) is 30.8 Å². The highest BCUT2D eigenvalue weighted by atomic mass is 19.1. The Labute approximate surface area is 255 Å². The third-order valence-corrected chi connectivity index (χ3v) is 8.44. The summed E-state index contributed by atoms with van der Waals surface area (Å²) in [7, 11) is 0. The molecule has 0 radical (unpaired) electrons. The zero-order chi connectivity index (χ0) is 30.6. The first kappa shape index (κ1) is 29.7. The largest absolute Gasteiger partial charge is 0.486 e. The van der Waals surface area contributed by atoms with Crippen molar-refractivity contribution in [1.82, 2.24) is 24.8 Å². The predicted molar refractivity (Wildman–Crippen MR) is 160 cm³/mol. The number of benzene rings is 2. The van der Waals surface area contributed by atoms with Crippen molar-refractivity contribution in [2.45, 2.75) is 37.7 Å². The molecular formula is C31H35FN8O4. The number of carbonyl (C=O) groups excluding carboxylic acids is 1. The van der Waals surface area contributed by atoms with Gasteiger partial charge in [0.05, 0.1) is 31.4 Å². The number of nitrogens with zero attached hydrogens (tertiary/aromatic N) is 7. The summed E-state index contributed by atoms with van der Waals surface area (Å²) < 4.78 is 26.0. The van der Waals surface area contributed by atoms with Gasteiger partial charge in [0.15, 0.2) is 12.0 Å². The molecule has 0 spiro atoms. The molecule has 2 N–H and O–H groups in total. The molecule has 3 aromatic rings. The summed E-state index contributed by atoms with van der Waals surface area (Å²) in [6.07, 6.45) is -0.614. The Morgan fingerprint density at radius 1 is 1.16 bits per heavy atom. The fourth-order valence-electron chi connectivity index (χ4n) is 5.91. The molecule has 3 aliphatic heterocycles. The van der Waals surface area contributed by atoms with E-state index in [1.165, 1.54) is 11.2 Å². The van der Waals surface area contributed by atoms with Gasteiger partial charge in [-0.1, -0.05) is 0 Å². The zero-order valence-electron chi connectivity index (χ0n) is 24.5. The van der Waals surface area contributed by atoms with E-state index in [0.29, 0.717) is 29.4 Å². The Bertz CT molecular complexity index is 1520. The average molecular weight is 603 g/mol. The summed E-state index contributed by atoms with van der Waals surface area (Å²) in [5.74, 6) is 0.447. The van der Waals surface area contributed by atoms with E-state index < -0.39 is 24.8 Å². The van der Waals surface area contributed by atoms with E-state index in [9.17, 15) is 14.4 Å². The molecule has 3 aliphatic rings. The Morgan fingerprint density at radius 3 is 2.66 bits per heavy atom. The number of nitrogens with one attached hydrogen (secondary N) is 1. The molecule has 3 saturated heterocycles. The van der Waals surface area contributed by atoms with Crippen molar-refractivity contribution >= 4 is 23.2 Å². The van der Waals surface area contributed by atoms with Crippen LogP contribution in [0.4, 0.5) is 21.7 Å². The van der Waals surface area contributed by atoms with Crippen LogP contribution in [0.3, 0.4) is 0 Å². The number of amides is 1. The van der Waals surface area contributed by atoms with Crippen molar-refractivity contribution in [2.24, 2.45) is 0 Å². The van der Waals surface area contributed by atoms with Crippen LogP contribution in [0.2, 0.25) is 0 Å². The van der Waals surface area contributed by atoms with Gasteiger partial charge in [0.2, 0.25) is 11.9 Å². The normalized spacial score (nSPS) is 22.6. The van der Waals surface area contributed by atoms with Gasteiger partial charge in [-0.2, -0.15) is 10.2 Å². The van der Waals surface area contributed by atoms with Crippen molar-refractivity contribution in [3.05, 3.63) is 54.4 Å². The first-order valence-corrected chi connectivity index (χ1v) is 14.8. The lowest BCUT2D eigenvalue weighted by Gasteiger charge is -2.47. The van der Waals surface area contributed by atoms with Crippen LogP contribution in [-0.4, -0.2) is 113 Å². The molecule has 3 fully saturated rings. The van der Waals surface area contributed by atoms with Gasteiger partial charge in [-0.3, -0.25) is 9.69 Å². The molecule has 3 atom stereocenters. The third-order valence-electron chi connectivity index (χ3n) is 8.44. The summed E-state index contributed by atoms with van der Waals surface area (Å²) in [5, 5.41) is 22.0. The minimum Gasteiger partial charge on any atom is -0.486 e. The van der Waals surface area contributed by atoms with E-state index in [0.717, 1.165) is 44.2 Å². The van der Waals surface area contributed by atoms with Crippen LogP contribution in [0.15, 0.2) is 48.8 Å². The number of aromatic nitrogens is 3. The number of hydrogen-bond donors (Lipinski definition) is 2. The Kier molecular flexibility index (Phi) is 8.83. The molecule has 1 aromatic heterocycles. The minimum atomic E-state index is -1.45. The van der Waals surface area contributed by atoms with Crippen molar-refractivity contribution in [1.29, 1.82) is 5.26 Å². The molecule has 230 valence electrons. The van der Waals surface area contributed by atoms with Gasteiger partial charge in [-0.25, -0.2) is 14.4 Å². The number of anilines is 3. The van der Waals surface area contributed by atoms with E-state index in [2.05, 4.69) is 55.2 Å². The summed E-state index contributed by atoms with van der Waals surface area (Å²) in [6, 6.07) is 16.2. The van der Waals surface area contributed by atoms with Gasteiger partial charge in [0, 0.05) is 55.6 Å². The number of hydrogen-bond acceptors (Lipinski definition) is 11. The number of rotatable bonds is 8. The highest BCUT2D eigenvalue weighted by Crippen LogP contribution is 2.29. The van der Waals surface area contributed by atoms with Crippen molar-refractivity contribution < 1.29 is 23.8 Å². The molecule has 0 aliphatic carbocycles. The molecule has 6 rings (SSSR count). The first-order valence-electron chi connectivity index (χ1n) is 14.8. The molecule has 12 nitrogen and oxygen atoms in total. The lowest BCUT2D eigenvalue weighted by molar-refractivity contribution is -0.138. The molecule has 2 aromatic carbocycles. The maximum atomic E-state index is 14.7. The highest BCUT2D eigenvalue weighted by Gasteiger charge is 2.34. The number of nitriles is 1. The number of halogens is 1. The second-order valence-corrected chi connectivity index (χ2v) is 11.3. The smallest absolute Gasteiger partial charge is 0.248 e. The summed E-state index contributed by atoms with van der Waals surface area (Å²) >= 11 is 0. The maximum absolute atomic E-state index is 14.7. The first-order chi connectivity index (χ1) is 21.4. The third kappa shape index (κ3) is 6.42. The molecule has 13 heteroatoms. The topological polar surface area (TPSA) is 140 Å². The molecular weight excluding hydrogens is 567 g/mol. The van der Waals surface area contributed by atoms with Crippen LogP contribution in [0.5, 0.6) is 5.75 Å². The standard InChI is InChI=1S/C31H35FN8O4/c1-20-14-38(10-11-40(20)25-17-43-18-25)24-5-3-23(4-6-24)36-31-35-19-34-30(37-31)21-2-7-27(22(12-21)13-33)44-28-8-9-39(15-26(28)32)29(42)16-41/h2-7,12,19-20,25-26,28,41H,8-11,14-18H2,1H3,(H,34,35,36,37)/t20-,26+,28+/m1/s1. The number of alkyl halides is 1. The van der Waals surface area contributed by atoms with E-state index in [1.807, 2.05) is 12.1 Å². The van der Waals surface area contributed by atoms with Gasteiger partial charge in [-0.15, -0.1) is 0 Å². The van der Waals surface area contributed by atoms with E-state index in [1.54, 1.807) is 18.2 Å². The Morgan fingerprint density at radius 2 is 1.98 bits per heavy atom. The van der Waals surface area contributed by atoms with Gasteiger partial charge < -0.3 is 29.7 Å². The van der Waals surface area contributed by atoms with E-state index >= 15 is 0 Å². The van der Waals surface area contributed by atoms with Crippen LogP contribution >= 0.6 is 0 Å². The molecule has 0 unspecified atom stereocenters. The Hall–Kier alpha value is -4.38. The molecule has 44 heavy (non-hydrogen) atoms. The number of ether oxygens (including phenoxy) is 2. The van der Waals surface area contributed by atoms with Gasteiger partial charge in [0.1, 0.15) is 30.9 Å². The second kappa shape index (κ2) is 13.1. The number of aliphatic hydroxyl groups excluding tert-OH is 1. The molecule has 0 bridgehead atoms. The summed E-state index contributed by atoms with van der Waals surface area (Å²) in [4.78, 5) is 31.0. The molecule has 1 amide bonds. The number of carbonyl (C=O) groups is 1. The Balaban J connectivity index is 1.08. The monoisotopic (exact) mass is 602 g/mol. The molecule has 0 saturated carbocycles. The lowest BCUT2D eigenvalue weighted by Crippen LogP contribution is -2.60. The van der Waals surface area contributed by atoms with Crippen LogP contribution in [0, 0.1) is 11.3 Å². The fourth-order valence-corrected chi connectivity index (χ4v) is 5.91. The number of piperazine rings is 1. The summed E-state index contributed by atoms with van der Waals surface area (Å²) in [5.41, 5.74) is 2.79. The highest BCUT2D eigenvalue weighted by molar-refractivity contribution is 5.77. The quantitative estimate of drug-likeness (QED) is 0.393. The predicted octanol–water partition coefficient (Wildman–Crippen LogP) is 2.37. The number of piperidine rings is 1. The van der Waals surface area contributed by atoms with E-state index in [4.69, 9.17) is 14.6 Å². The maximum Gasteiger partial charge on any atom is 0.248 e. The lowest BCUT2D eigenvalue weighted by atomic mass is 10.0.